The molecule has 12 heteroatoms. The molecule has 0 unspecified atom stereocenters. The first kappa shape index (κ1) is 24.1. The number of likely N-dealkylation sites (N-methyl/N-ethyl adjacent to an activating group) is 1. The van der Waals surface area contributed by atoms with Gasteiger partial charge < -0.3 is 19.7 Å². The number of aromatic nitrogens is 1. The largest absolute Gasteiger partial charge is 0.490 e. The SMILES string of the molecule is COC(=O)c1cc(=O)[nH]c2c1CN(C(=O)[C@H](C)N(C)C)CC2.O=C(O)C(F)(F)F. The van der Waals surface area contributed by atoms with Crippen molar-refractivity contribution in [1.82, 2.24) is 14.8 Å². The van der Waals surface area contributed by atoms with Gasteiger partial charge in [-0.1, -0.05) is 0 Å². The van der Waals surface area contributed by atoms with Crippen LogP contribution in [-0.2, 0) is 27.3 Å². The maximum atomic E-state index is 12.5. The van der Waals surface area contributed by atoms with Crippen LogP contribution in [0.2, 0.25) is 0 Å². The third kappa shape index (κ3) is 6.31. The minimum atomic E-state index is -5.08. The molecule has 1 aliphatic rings. The second-order valence-electron chi connectivity index (χ2n) is 6.45. The van der Waals surface area contributed by atoms with E-state index in [0.29, 0.717) is 30.8 Å². The highest BCUT2D eigenvalue weighted by molar-refractivity contribution is 5.91. The standard InChI is InChI=1S/C15H21N3O4.C2HF3O2/c1-9(17(2)3)14(20)18-6-5-12-11(8-18)10(15(21)22-4)7-13(19)16-12;3-2(4,5)1(6)7/h7,9H,5-6,8H2,1-4H3,(H,16,19);(H,6,7)/t9-;/m0./s1. The minimum absolute atomic E-state index is 0.00216. The van der Waals surface area contributed by atoms with Gasteiger partial charge in [-0.05, 0) is 21.0 Å². The number of halogens is 3. The number of aliphatic carboxylic acids is 1. The summed E-state index contributed by atoms with van der Waals surface area (Å²) in [7, 11) is 4.96. The van der Waals surface area contributed by atoms with Crippen LogP contribution in [0.25, 0.3) is 0 Å². The van der Waals surface area contributed by atoms with Gasteiger partial charge in [0.05, 0.1) is 18.7 Å². The normalized spacial score (nSPS) is 14.4. The topological polar surface area (TPSA) is 120 Å². The number of carboxylic acids is 1. The van der Waals surface area contributed by atoms with E-state index in [0.717, 1.165) is 0 Å². The van der Waals surface area contributed by atoms with Crippen molar-refractivity contribution in [3.63, 3.8) is 0 Å². The Morgan fingerprint density at radius 2 is 1.86 bits per heavy atom. The molecule has 1 aliphatic heterocycles. The average Bonchev–Trinajstić information content (AvgIpc) is 2.64. The number of nitrogens with one attached hydrogen (secondary N) is 1. The molecule has 0 aromatic carbocycles. The maximum absolute atomic E-state index is 12.5. The van der Waals surface area contributed by atoms with E-state index in [9.17, 15) is 27.6 Å². The molecule has 0 aliphatic carbocycles. The van der Waals surface area contributed by atoms with Crippen LogP contribution in [-0.4, -0.2) is 77.7 Å². The number of fused-ring (bicyclic) bond motifs is 1. The van der Waals surface area contributed by atoms with Crippen molar-refractivity contribution >= 4 is 17.8 Å². The maximum Gasteiger partial charge on any atom is 0.490 e. The molecular formula is C17H22F3N3O6. The number of methoxy groups -OCH3 is 1. The van der Waals surface area contributed by atoms with Crippen molar-refractivity contribution in [2.75, 3.05) is 27.7 Å². The minimum Gasteiger partial charge on any atom is -0.475 e. The van der Waals surface area contributed by atoms with Gasteiger partial charge in [-0.2, -0.15) is 13.2 Å². The molecule has 2 heterocycles. The number of hydrogen-bond acceptors (Lipinski definition) is 6. The van der Waals surface area contributed by atoms with Crippen LogP contribution in [0, 0.1) is 0 Å². The Labute approximate surface area is 164 Å². The highest BCUT2D eigenvalue weighted by Crippen LogP contribution is 2.21. The Morgan fingerprint density at radius 1 is 1.31 bits per heavy atom. The number of rotatable bonds is 3. The fourth-order valence-corrected chi connectivity index (χ4v) is 2.52. The summed E-state index contributed by atoms with van der Waals surface area (Å²) < 4.78 is 36.5. The number of pyridine rings is 1. The first-order valence-corrected chi connectivity index (χ1v) is 8.38. The van der Waals surface area contributed by atoms with Crippen LogP contribution < -0.4 is 5.56 Å². The lowest BCUT2D eigenvalue weighted by Crippen LogP contribution is -2.46. The van der Waals surface area contributed by atoms with Gasteiger partial charge in [-0.3, -0.25) is 14.5 Å². The first-order valence-electron chi connectivity index (χ1n) is 8.38. The van der Waals surface area contributed by atoms with Gasteiger partial charge in [0.25, 0.3) is 0 Å². The lowest BCUT2D eigenvalue weighted by atomic mass is 9.99. The van der Waals surface area contributed by atoms with E-state index in [-0.39, 0.29) is 23.1 Å². The van der Waals surface area contributed by atoms with E-state index in [1.807, 2.05) is 25.9 Å². The zero-order valence-electron chi connectivity index (χ0n) is 16.3. The van der Waals surface area contributed by atoms with Gasteiger partial charge in [-0.25, -0.2) is 9.59 Å². The van der Waals surface area contributed by atoms with Crippen molar-refractivity contribution in [2.24, 2.45) is 0 Å². The molecular weight excluding hydrogens is 399 g/mol. The van der Waals surface area contributed by atoms with Crippen LogP contribution >= 0.6 is 0 Å². The molecule has 1 aromatic heterocycles. The van der Waals surface area contributed by atoms with Crippen molar-refractivity contribution in [3.05, 3.63) is 33.2 Å². The molecule has 1 atom stereocenters. The molecule has 0 fully saturated rings. The number of aromatic amines is 1. The fraction of sp³-hybridized carbons (Fsp3) is 0.529. The number of ether oxygens (including phenoxy) is 1. The van der Waals surface area contributed by atoms with Crippen molar-refractivity contribution in [1.29, 1.82) is 0 Å². The molecule has 1 amide bonds. The molecule has 0 saturated heterocycles. The van der Waals surface area contributed by atoms with Gasteiger partial charge in [0.2, 0.25) is 11.5 Å². The van der Waals surface area contributed by atoms with E-state index in [4.69, 9.17) is 14.6 Å². The van der Waals surface area contributed by atoms with E-state index < -0.39 is 18.1 Å². The third-order valence-electron chi connectivity index (χ3n) is 4.31. The Bertz CT molecular complexity index is 835. The summed E-state index contributed by atoms with van der Waals surface area (Å²) in [5.41, 5.74) is 1.27. The van der Waals surface area contributed by atoms with Gasteiger partial charge >= 0.3 is 18.1 Å². The molecule has 162 valence electrons. The molecule has 9 nitrogen and oxygen atoms in total. The van der Waals surface area contributed by atoms with E-state index in [2.05, 4.69) is 4.98 Å². The molecule has 0 saturated carbocycles. The van der Waals surface area contributed by atoms with Gasteiger partial charge in [-0.15, -0.1) is 0 Å². The Kier molecular flexibility index (Phi) is 7.95. The lowest BCUT2D eigenvalue weighted by molar-refractivity contribution is -0.192. The number of carboxylic acid groups (broad SMARTS) is 1. The number of H-pyrrole nitrogens is 1. The second kappa shape index (κ2) is 9.54. The summed E-state index contributed by atoms with van der Waals surface area (Å²) in [5, 5.41) is 7.12. The predicted molar refractivity (Wildman–Crippen MR) is 94.4 cm³/mol. The number of amides is 1. The van der Waals surface area contributed by atoms with Gasteiger partial charge in [0.15, 0.2) is 0 Å². The Balaban J connectivity index is 0.000000516. The van der Waals surface area contributed by atoms with E-state index >= 15 is 0 Å². The zero-order valence-corrected chi connectivity index (χ0v) is 16.3. The number of nitrogens with zero attached hydrogens (tertiary/aromatic N) is 2. The summed E-state index contributed by atoms with van der Waals surface area (Å²) in [6, 6.07) is 0.986. The molecule has 2 rings (SSSR count). The van der Waals surface area contributed by atoms with E-state index in [1.165, 1.54) is 13.2 Å². The molecule has 0 bridgehead atoms. The molecule has 1 aromatic rings. The number of carbonyl (C=O) groups is 3. The van der Waals surface area contributed by atoms with Crippen LogP contribution in [0.15, 0.2) is 10.9 Å². The molecule has 29 heavy (non-hydrogen) atoms. The van der Waals surface area contributed by atoms with Crippen molar-refractivity contribution in [2.45, 2.75) is 32.1 Å². The van der Waals surface area contributed by atoms with Crippen molar-refractivity contribution in [3.8, 4) is 0 Å². The van der Waals surface area contributed by atoms with Crippen LogP contribution in [0.1, 0.15) is 28.5 Å². The fourth-order valence-electron chi connectivity index (χ4n) is 2.52. The van der Waals surface area contributed by atoms with Crippen LogP contribution in [0.5, 0.6) is 0 Å². The van der Waals surface area contributed by atoms with Crippen molar-refractivity contribution < 1.29 is 37.4 Å². The number of alkyl halides is 3. The summed E-state index contributed by atoms with van der Waals surface area (Å²) in [6.07, 6.45) is -4.57. The zero-order chi connectivity index (χ0) is 22.5. The Hall–Kier alpha value is -2.89. The third-order valence-corrected chi connectivity index (χ3v) is 4.31. The summed E-state index contributed by atoms with van der Waals surface area (Å²) >= 11 is 0. The average molecular weight is 421 g/mol. The highest BCUT2D eigenvalue weighted by atomic mass is 19.4. The lowest BCUT2D eigenvalue weighted by Gasteiger charge is -2.33. The van der Waals surface area contributed by atoms with Gasteiger partial charge in [0, 0.05) is 36.8 Å². The Morgan fingerprint density at radius 3 is 2.31 bits per heavy atom. The quantitative estimate of drug-likeness (QED) is 0.687. The molecule has 2 N–H and O–H groups in total. The van der Waals surface area contributed by atoms with Gasteiger partial charge in [0.1, 0.15) is 0 Å². The summed E-state index contributed by atoms with van der Waals surface area (Å²) in [4.78, 5) is 51.2. The number of hydrogen-bond donors (Lipinski definition) is 2. The monoisotopic (exact) mass is 421 g/mol. The smallest absolute Gasteiger partial charge is 0.475 e. The first-order chi connectivity index (χ1) is 13.3. The predicted octanol–water partition coefficient (Wildman–Crippen LogP) is 0.630. The van der Waals surface area contributed by atoms with Crippen LogP contribution in [0.3, 0.4) is 0 Å². The summed E-state index contributed by atoms with van der Waals surface area (Å²) in [5.74, 6) is -3.32. The summed E-state index contributed by atoms with van der Waals surface area (Å²) in [6.45, 7) is 2.66. The second-order valence-corrected chi connectivity index (χ2v) is 6.45. The molecule has 0 spiro atoms. The number of esters is 1. The highest BCUT2D eigenvalue weighted by Gasteiger charge is 2.38. The number of carbonyl (C=O) groups excluding carboxylic acids is 2. The van der Waals surface area contributed by atoms with Crippen LogP contribution in [0.4, 0.5) is 13.2 Å². The molecule has 0 radical (unpaired) electrons. The van der Waals surface area contributed by atoms with E-state index in [1.54, 1.807) is 4.90 Å².